The van der Waals surface area contributed by atoms with Crippen molar-refractivity contribution in [1.29, 1.82) is 0 Å². The van der Waals surface area contributed by atoms with Crippen molar-refractivity contribution in [3.8, 4) is 5.75 Å². The van der Waals surface area contributed by atoms with Crippen LogP contribution in [0.2, 0.25) is 5.02 Å². The van der Waals surface area contributed by atoms with Crippen molar-refractivity contribution in [3.05, 3.63) is 52.3 Å². The monoisotopic (exact) mass is 369 g/mol. The summed E-state index contributed by atoms with van der Waals surface area (Å²) in [4.78, 5) is 7.08. The molecule has 5 rings (SSSR count). The van der Waals surface area contributed by atoms with Gasteiger partial charge in [-0.1, -0.05) is 17.7 Å². The smallest absolute Gasteiger partial charge is 0.157 e. The van der Waals surface area contributed by atoms with E-state index >= 15 is 0 Å². The van der Waals surface area contributed by atoms with Gasteiger partial charge in [-0.15, -0.1) is 0 Å². The van der Waals surface area contributed by atoms with E-state index in [1.807, 2.05) is 41.9 Å². The number of benzene rings is 1. The number of nitrogens with zero attached hydrogens (tertiary/aromatic N) is 4. The van der Waals surface area contributed by atoms with Gasteiger partial charge in [-0.2, -0.15) is 9.61 Å². The lowest BCUT2D eigenvalue weighted by Gasteiger charge is -2.42. The summed E-state index contributed by atoms with van der Waals surface area (Å²) in [7, 11) is 0. The second-order valence-corrected chi connectivity index (χ2v) is 7.37. The third kappa shape index (κ3) is 2.61. The molecule has 2 aromatic heterocycles. The number of aryl methyl sites for hydroxylation is 1. The molecule has 0 aliphatic carbocycles. The molecule has 6 nitrogen and oxygen atoms in total. The molecular formula is C19H20ClN5O. The van der Waals surface area contributed by atoms with Crippen LogP contribution in [0.3, 0.4) is 0 Å². The second kappa shape index (κ2) is 6.14. The van der Waals surface area contributed by atoms with Crippen molar-refractivity contribution in [3.63, 3.8) is 0 Å². The van der Waals surface area contributed by atoms with Gasteiger partial charge in [-0.05, 0) is 37.6 Å². The molecule has 1 saturated heterocycles. The fourth-order valence-electron chi connectivity index (χ4n) is 3.72. The molecule has 0 bridgehead atoms. The summed E-state index contributed by atoms with van der Waals surface area (Å²) in [6.45, 7) is 5.48. The standard InChI is InChI=1S/C19H20ClN5O/c1-12-2-3-15(20)17(8-12)26-13-10-24(11-13)19-14-4-6-21-9-16(14)23-18-5-7-22-25(18)19/h2-3,5,7-8,13,21H,4,6,9-11H2,1H3. The van der Waals surface area contributed by atoms with E-state index in [2.05, 4.69) is 15.3 Å². The van der Waals surface area contributed by atoms with Crippen LogP contribution in [0.25, 0.3) is 5.65 Å². The predicted octanol–water partition coefficient (Wildman–Crippen LogP) is 2.60. The Hall–Kier alpha value is -2.31. The molecule has 1 aromatic carbocycles. The highest BCUT2D eigenvalue weighted by Gasteiger charge is 2.34. The molecule has 0 radical (unpaired) electrons. The van der Waals surface area contributed by atoms with Crippen LogP contribution in [-0.4, -0.2) is 40.3 Å². The van der Waals surface area contributed by atoms with E-state index in [-0.39, 0.29) is 6.10 Å². The zero-order valence-corrected chi connectivity index (χ0v) is 15.3. The molecule has 7 heteroatoms. The summed E-state index contributed by atoms with van der Waals surface area (Å²) in [6.07, 6.45) is 2.91. The molecule has 26 heavy (non-hydrogen) atoms. The average Bonchev–Trinajstić information content (AvgIpc) is 3.07. The third-order valence-electron chi connectivity index (χ3n) is 5.06. The fraction of sp³-hybridized carbons (Fsp3) is 0.368. The molecule has 0 amide bonds. The number of nitrogens with one attached hydrogen (secondary N) is 1. The van der Waals surface area contributed by atoms with E-state index in [1.54, 1.807) is 0 Å². The summed E-state index contributed by atoms with van der Waals surface area (Å²) in [5, 5.41) is 8.56. The highest BCUT2D eigenvalue weighted by molar-refractivity contribution is 6.32. The number of ether oxygens (including phenoxy) is 1. The Labute approximate surface area is 156 Å². The largest absolute Gasteiger partial charge is 0.485 e. The van der Waals surface area contributed by atoms with Crippen molar-refractivity contribution in [2.45, 2.75) is 26.0 Å². The summed E-state index contributed by atoms with van der Waals surface area (Å²) in [6, 6.07) is 7.84. The van der Waals surface area contributed by atoms with Crippen LogP contribution >= 0.6 is 11.6 Å². The topological polar surface area (TPSA) is 54.7 Å². The number of halogens is 1. The normalized spacial score (nSPS) is 17.2. The Morgan fingerprint density at radius 3 is 3.04 bits per heavy atom. The minimum Gasteiger partial charge on any atom is -0.485 e. The first kappa shape index (κ1) is 15.9. The Morgan fingerprint density at radius 2 is 2.15 bits per heavy atom. The van der Waals surface area contributed by atoms with Gasteiger partial charge in [0, 0.05) is 18.2 Å². The number of fused-ring (bicyclic) bond motifs is 2. The number of hydrogen-bond acceptors (Lipinski definition) is 5. The number of rotatable bonds is 3. The lowest BCUT2D eigenvalue weighted by molar-refractivity contribution is 0.166. The van der Waals surface area contributed by atoms with Crippen molar-refractivity contribution >= 4 is 23.1 Å². The van der Waals surface area contributed by atoms with Gasteiger partial charge in [0.15, 0.2) is 5.65 Å². The maximum Gasteiger partial charge on any atom is 0.157 e. The van der Waals surface area contributed by atoms with Gasteiger partial charge < -0.3 is 15.0 Å². The van der Waals surface area contributed by atoms with Gasteiger partial charge in [0.1, 0.15) is 17.7 Å². The zero-order chi connectivity index (χ0) is 17.7. The lowest BCUT2D eigenvalue weighted by Crippen LogP contribution is -2.55. The highest BCUT2D eigenvalue weighted by atomic mass is 35.5. The van der Waals surface area contributed by atoms with E-state index in [0.29, 0.717) is 5.02 Å². The Balaban J connectivity index is 1.41. The summed E-state index contributed by atoms with van der Waals surface area (Å²) in [5.74, 6) is 1.92. The van der Waals surface area contributed by atoms with Crippen molar-refractivity contribution in [1.82, 2.24) is 19.9 Å². The van der Waals surface area contributed by atoms with Crippen molar-refractivity contribution < 1.29 is 4.74 Å². The summed E-state index contributed by atoms with van der Waals surface area (Å²) >= 11 is 6.27. The van der Waals surface area contributed by atoms with Gasteiger partial charge in [0.25, 0.3) is 0 Å². The molecule has 3 aromatic rings. The van der Waals surface area contributed by atoms with Crippen LogP contribution in [0.4, 0.5) is 5.82 Å². The SMILES string of the molecule is Cc1ccc(Cl)c(OC2CN(c3c4c(nc5ccnn35)CNCC4)C2)c1. The molecule has 1 fully saturated rings. The van der Waals surface area contributed by atoms with Crippen molar-refractivity contribution in [2.75, 3.05) is 24.5 Å². The maximum absolute atomic E-state index is 6.27. The number of anilines is 1. The van der Waals surface area contributed by atoms with Crippen LogP contribution < -0.4 is 15.0 Å². The molecule has 0 saturated carbocycles. The van der Waals surface area contributed by atoms with Crippen LogP contribution in [0, 0.1) is 6.92 Å². The fourth-order valence-corrected chi connectivity index (χ4v) is 3.88. The van der Waals surface area contributed by atoms with Crippen LogP contribution in [0.15, 0.2) is 30.5 Å². The average molecular weight is 370 g/mol. The molecule has 2 aliphatic heterocycles. The van der Waals surface area contributed by atoms with Crippen molar-refractivity contribution in [2.24, 2.45) is 0 Å². The van der Waals surface area contributed by atoms with E-state index in [1.165, 1.54) is 5.56 Å². The summed E-state index contributed by atoms with van der Waals surface area (Å²) in [5.41, 5.74) is 4.47. The molecule has 2 aliphatic rings. The molecular weight excluding hydrogens is 350 g/mol. The Bertz CT molecular complexity index is 979. The van der Waals surface area contributed by atoms with Gasteiger partial charge in [-0.3, -0.25) is 0 Å². The van der Waals surface area contributed by atoms with E-state index < -0.39 is 0 Å². The number of hydrogen-bond donors (Lipinski definition) is 1. The Kier molecular flexibility index (Phi) is 3.76. The molecule has 0 atom stereocenters. The first-order chi connectivity index (χ1) is 12.7. The minimum absolute atomic E-state index is 0.130. The maximum atomic E-state index is 6.27. The van der Waals surface area contributed by atoms with E-state index in [9.17, 15) is 0 Å². The van der Waals surface area contributed by atoms with E-state index in [4.69, 9.17) is 21.3 Å². The lowest BCUT2D eigenvalue weighted by atomic mass is 10.0. The van der Waals surface area contributed by atoms with Crippen LogP contribution in [-0.2, 0) is 13.0 Å². The zero-order valence-electron chi connectivity index (χ0n) is 14.6. The highest BCUT2D eigenvalue weighted by Crippen LogP contribution is 2.33. The van der Waals surface area contributed by atoms with Gasteiger partial charge in [-0.25, -0.2) is 4.98 Å². The number of aromatic nitrogens is 3. The molecule has 1 N–H and O–H groups in total. The molecule has 4 heterocycles. The van der Waals surface area contributed by atoms with Crippen LogP contribution in [0.5, 0.6) is 5.75 Å². The van der Waals surface area contributed by atoms with Gasteiger partial charge in [0.2, 0.25) is 0 Å². The summed E-state index contributed by atoms with van der Waals surface area (Å²) < 4.78 is 8.08. The predicted molar refractivity (Wildman–Crippen MR) is 101 cm³/mol. The molecule has 0 spiro atoms. The molecule has 0 unspecified atom stereocenters. The first-order valence-corrected chi connectivity index (χ1v) is 9.31. The minimum atomic E-state index is 0.130. The first-order valence-electron chi connectivity index (χ1n) is 8.93. The van der Waals surface area contributed by atoms with Gasteiger partial charge >= 0.3 is 0 Å². The second-order valence-electron chi connectivity index (χ2n) is 6.97. The van der Waals surface area contributed by atoms with Crippen LogP contribution in [0.1, 0.15) is 16.8 Å². The Morgan fingerprint density at radius 1 is 1.27 bits per heavy atom. The van der Waals surface area contributed by atoms with E-state index in [0.717, 1.165) is 61.1 Å². The third-order valence-corrected chi connectivity index (χ3v) is 5.38. The molecule has 134 valence electrons. The quantitative estimate of drug-likeness (QED) is 0.769. The van der Waals surface area contributed by atoms with Gasteiger partial charge in [0.05, 0.1) is 30.0 Å².